The lowest BCUT2D eigenvalue weighted by Crippen LogP contribution is -2.42. The van der Waals surface area contributed by atoms with Crippen molar-refractivity contribution in [3.63, 3.8) is 0 Å². The molecule has 1 heterocycles. The van der Waals surface area contributed by atoms with Crippen LogP contribution >= 0.6 is 0 Å². The SMILES string of the molecule is CC.CC.CN(C)CCCNC(=O)[C@H]1CCCN1C. The summed E-state index contributed by atoms with van der Waals surface area (Å²) in [7, 11) is 6.12. The zero-order valence-electron chi connectivity index (χ0n) is 14.1. The van der Waals surface area contributed by atoms with E-state index in [2.05, 4.69) is 15.1 Å². The van der Waals surface area contributed by atoms with Crippen LogP contribution in [0, 0.1) is 0 Å². The summed E-state index contributed by atoms with van der Waals surface area (Å²) in [5.41, 5.74) is 0. The summed E-state index contributed by atoms with van der Waals surface area (Å²) in [5.74, 6) is 0.203. The molecule has 19 heavy (non-hydrogen) atoms. The maximum atomic E-state index is 11.7. The van der Waals surface area contributed by atoms with Crippen LogP contribution in [0.2, 0.25) is 0 Å². The van der Waals surface area contributed by atoms with Crippen LogP contribution in [0.4, 0.5) is 0 Å². The van der Waals surface area contributed by atoms with Crippen molar-refractivity contribution in [2.75, 3.05) is 40.8 Å². The number of carbonyl (C=O) groups excluding carboxylic acids is 1. The Morgan fingerprint density at radius 3 is 2.26 bits per heavy atom. The molecular formula is C15H35N3O. The Balaban J connectivity index is 0. The van der Waals surface area contributed by atoms with Crippen molar-refractivity contribution < 1.29 is 4.79 Å². The van der Waals surface area contributed by atoms with E-state index in [4.69, 9.17) is 0 Å². The fourth-order valence-corrected chi connectivity index (χ4v) is 1.97. The van der Waals surface area contributed by atoms with Gasteiger partial charge in [0.15, 0.2) is 0 Å². The number of hydrogen-bond acceptors (Lipinski definition) is 3. The maximum absolute atomic E-state index is 11.7. The van der Waals surface area contributed by atoms with E-state index in [9.17, 15) is 4.79 Å². The highest BCUT2D eigenvalue weighted by Gasteiger charge is 2.26. The molecule has 1 saturated heterocycles. The highest BCUT2D eigenvalue weighted by molar-refractivity contribution is 5.81. The van der Waals surface area contributed by atoms with E-state index < -0.39 is 0 Å². The lowest BCUT2D eigenvalue weighted by atomic mass is 10.2. The molecule has 0 bridgehead atoms. The first-order valence-electron chi connectivity index (χ1n) is 7.74. The largest absolute Gasteiger partial charge is 0.355 e. The molecule has 0 aromatic heterocycles. The molecule has 0 radical (unpaired) electrons. The van der Waals surface area contributed by atoms with Crippen LogP contribution in [0.1, 0.15) is 47.0 Å². The second-order valence-corrected chi connectivity index (χ2v) is 4.59. The average molecular weight is 273 g/mol. The van der Waals surface area contributed by atoms with Gasteiger partial charge >= 0.3 is 0 Å². The number of likely N-dealkylation sites (tertiary alicyclic amines) is 1. The topological polar surface area (TPSA) is 35.6 Å². The van der Waals surface area contributed by atoms with E-state index in [-0.39, 0.29) is 11.9 Å². The number of carbonyl (C=O) groups is 1. The van der Waals surface area contributed by atoms with Crippen molar-refractivity contribution in [1.82, 2.24) is 15.1 Å². The summed E-state index contributed by atoms with van der Waals surface area (Å²) in [6.07, 6.45) is 3.18. The average Bonchev–Trinajstić information content (AvgIpc) is 2.85. The molecule has 1 aliphatic rings. The summed E-state index contributed by atoms with van der Waals surface area (Å²) in [6.45, 7) is 10.9. The van der Waals surface area contributed by atoms with Crippen LogP contribution in [0.15, 0.2) is 0 Å². The molecule has 1 fully saturated rings. The Bertz CT molecular complexity index is 208. The van der Waals surface area contributed by atoms with Crippen molar-refractivity contribution in [2.45, 2.75) is 53.0 Å². The predicted octanol–water partition coefficient (Wildman–Crippen LogP) is 2.20. The van der Waals surface area contributed by atoms with Gasteiger partial charge in [0, 0.05) is 6.54 Å². The van der Waals surface area contributed by atoms with E-state index in [0.29, 0.717) is 0 Å². The first kappa shape index (κ1) is 20.7. The van der Waals surface area contributed by atoms with Crippen molar-refractivity contribution in [1.29, 1.82) is 0 Å². The molecule has 0 aromatic rings. The zero-order chi connectivity index (χ0) is 15.3. The number of amides is 1. The monoisotopic (exact) mass is 273 g/mol. The number of nitrogens with one attached hydrogen (secondary N) is 1. The van der Waals surface area contributed by atoms with Gasteiger partial charge in [-0.3, -0.25) is 9.69 Å². The number of rotatable bonds is 5. The van der Waals surface area contributed by atoms with Gasteiger partial charge in [-0.15, -0.1) is 0 Å². The molecule has 0 spiro atoms. The summed E-state index contributed by atoms with van der Waals surface area (Å²) < 4.78 is 0. The Kier molecular flexibility index (Phi) is 15.1. The van der Waals surface area contributed by atoms with Crippen molar-refractivity contribution >= 4 is 5.91 Å². The minimum absolute atomic E-state index is 0.115. The third-order valence-electron chi connectivity index (χ3n) is 2.90. The van der Waals surface area contributed by atoms with E-state index in [0.717, 1.165) is 38.9 Å². The lowest BCUT2D eigenvalue weighted by Gasteiger charge is -2.18. The molecule has 0 aliphatic carbocycles. The van der Waals surface area contributed by atoms with Gasteiger partial charge in [0.1, 0.15) is 0 Å². The molecule has 0 aromatic carbocycles. The van der Waals surface area contributed by atoms with Crippen LogP contribution < -0.4 is 5.32 Å². The molecule has 1 atom stereocenters. The standard InChI is InChI=1S/C11H23N3O.2C2H6/c1-13(2)8-5-7-12-11(15)10-6-4-9-14(10)3;2*1-2/h10H,4-9H2,1-3H3,(H,12,15);2*1-2H3/t10-;;/m1../s1. The van der Waals surface area contributed by atoms with Gasteiger partial charge in [-0.1, -0.05) is 27.7 Å². The van der Waals surface area contributed by atoms with Gasteiger partial charge in [0.2, 0.25) is 5.91 Å². The Morgan fingerprint density at radius 2 is 1.84 bits per heavy atom. The molecule has 1 amide bonds. The molecular weight excluding hydrogens is 238 g/mol. The van der Waals surface area contributed by atoms with E-state index in [1.54, 1.807) is 0 Å². The molecule has 1 rings (SSSR count). The van der Waals surface area contributed by atoms with Crippen LogP contribution in [0.5, 0.6) is 0 Å². The molecule has 1 aliphatic heterocycles. The fraction of sp³-hybridized carbons (Fsp3) is 0.933. The Morgan fingerprint density at radius 1 is 1.26 bits per heavy atom. The highest BCUT2D eigenvalue weighted by atomic mass is 16.2. The highest BCUT2D eigenvalue weighted by Crippen LogP contribution is 2.14. The Labute approximate surface area is 120 Å². The van der Waals surface area contributed by atoms with Gasteiger partial charge in [-0.25, -0.2) is 0 Å². The summed E-state index contributed by atoms with van der Waals surface area (Å²) in [6, 6.07) is 0.115. The van der Waals surface area contributed by atoms with E-state index in [1.165, 1.54) is 0 Å². The van der Waals surface area contributed by atoms with Crippen molar-refractivity contribution in [3.05, 3.63) is 0 Å². The van der Waals surface area contributed by atoms with Crippen LogP contribution in [-0.2, 0) is 4.79 Å². The minimum atomic E-state index is 0.115. The van der Waals surface area contributed by atoms with Crippen molar-refractivity contribution in [2.24, 2.45) is 0 Å². The normalized spacial score (nSPS) is 18.2. The van der Waals surface area contributed by atoms with Gasteiger partial charge in [-0.05, 0) is 53.5 Å². The van der Waals surface area contributed by atoms with Crippen molar-refractivity contribution in [3.8, 4) is 0 Å². The number of hydrogen-bond donors (Lipinski definition) is 1. The third kappa shape index (κ3) is 9.91. The van der Waals surface area contributed by atoms with Crippen LogP contribution in [-0.4, -0.2) is 62.5 Å². The minimum Gasteiger partial charge on any atom is -0.355 e. The molecule has 116 valence electrons. The molecule has 0 unspecified atom stereocenters. The Hall–Kier alpha value is -0.610. The van der Waals surface area contributed by atoms with E-state index >= 15 is 0 Å². The smallest absolute Gasteiger partial charge is 0.237 e. The predicted molar refractivity (Wildman–Crippen MR) is 84.5 cm³/mol. The molecule has 0 saturated carbocycles. The maximum Gasteiger partial charge on any atom is 0.237 e. The quantitative estimate of drug-likeness (QED) is 0.780. The molecule has 1 N–H and O–H groups in total. The third-order valence-corrected chi connectivity index (χ3v) is 2.90. The molecule has 4 nitrogen and oxygen atoms in total. The summed E-state index contributed by atoms with van der Waals surface area (Å²) in [5, 5.41) is 3.00. The number of likely N-dealkylation sites (N-methyl/N-ethyl adjacent to an activating group) is 1. The number of nitrogens with zero attached hydrogens (tertiary/aromatic N) is 2. The van der Waals surface area contributed by atoms with Gasteiger partial charge in [0.05, 0.1) is 6.04 Å². The first-order valence-corrected chi connectivity index (χ1v) is 7.74. The molecule has 4 heteroatoms. The van der Waals surface area contributed by atoms with Gasteiger partial charge < -0.3 is 10.2 Å². The summed E-state index contributed by atoms with van der Waals surface area (Å²) >= 11 is 0. The zero-order valence-corrected chi connectivity index (χ0v) is 14.1. The van der Waals surface area contributed by atoms with Crippen LogP contribution in [0.3, 0.4) is 0 Å². The van der Waals surface area contributed by atoms with Gasteiger partial charge in [0.25, 0.3) is 0 Å². The second kappa shape index (κ2) is 13.8. The first-order chi connectivity index (χ1) is 9.11. The summed E-state index contributed by atoms with van der Waals surface area (Å²) in [4.78, 5) is 16.0. The fourth-order valence-electron chi connectivity index (χ4n) is 1.97. The van der Waals surface area contributed by atoms with Gasteiger partial charge in [-0.2, -0.15) is 0 Å². The second-order valence-electron chi connectivity index (χ2n) is 4.59. The lowest BCUT2D eigenvalue weighted by molar-refractivity contribution is -0.125. The van der Waals surface area contributed by atoms with Crippen LogP contribution in [0.25, 0.3) is 0 Å². The van der Waals surface area contributed by atoms with E-state index in [1.807, 2.05) is 48.8 Å².